The minimum Gasteiger partial charge on any atom is -0.290 e. The van der Waals surface area contributed by atoms with Gasteiger partial charge in [-0.25, -0.2) is 4.39 Å². The summed E-state index contributed by atoms with van der Waals surface area (Å²) in [6.45, 7) is 0. The first-order valence-corrected chi connectivity index (χ1v) is 5.17. The molecule has 1 aliphatic rings. The highest BCUT2D eigenvalue weighted by molar-refractivity contribution is 14.1. The fourth-order valence-corrected chi connectivity index (χ4v) is 2.34. The Hall–Kier alpha value is -0.160. The van der Waals surface area contributed by atoms with E-state index in [1.807, 2.05) is 0 Å². The monoisotopic (exact) mass is 310 g/mol. The van der Waals surface area contributed by atoms with Crippen LogP contribution in [0.3, 0.4) is 0 Å². The van der Waals surface area contributed by atoms with E-state index in [1.165, 1.54) is 22.6 Å². The van der Waals surface area contributed by atoms with Gasteiger partial charge in [0.05, 0.1) is 0 Å². The molecule has 4 heteroatoms. The molecule has 1 aromatic carbocycles. The summed E-state index contributed by atoms with van der Waals surface area (Å²) in [6.07, 6.45) is 0.127. The van der Waals surface area contributed by atoms with Crippen molar-refractivity contribution in [3.63, 3.8) is 0 Å². The quantitative estimate of drug-likeness (QED) is 0.531. The number of alkyl halides is 2. The minimum atomic E-state index is -1.77. The number of hydrogen-bond acceptors (Lipinski definition) is 1. The molecular formula is C9H5ClFIO. The third kappa shape index (κ3) is 1.48. The summed E-state index contributed by atoms with van der Waals surface area (Å²) < 4.78 is 11.7. The third-order valence-electron chi connectivity index (χ3n) is 2.06. The average molecular weight is 310 g/mol. The van der Waals surface area contributed by atoms with E-state index in [-0.39, 0.29) is 6.42 Å². The Morgan fingerprint density at radius 1 is 1.54 bits per heavy atom. The van der Waals surface area contributed by atoms with Crippen LogP contribution in [0.15, 0.2) is 18.2 Å². The van der Waals surface area contributed by atoms with Crippen LogP contribution in [0.25, 0.3) is 0 Å². The summed E-state index contributed by atoms with van der Waals surface area (Å²) in [5, 5.41) is 0.542. The summed E-state index contributed by atoms with van der Waals surface area (Å²) in [5.41, 5.74) is 1.16. The molecule has 68 valence electrons. The predicted molar refractivity (Wildman–Crippen MR) is 57.3 cm³/mol. The molecule has 1 atom stereocenters. The standard InChI is InChI=1S/C9H5ClFIO/c10-6-1-2-7-5(3-6)4-9(11,12)8(7)13/h1-3H,4H2. The van der Waals surface area contributed by atoms with Gasteiger partial charge < -0.3 is 0 Å². The number of halogens is 3. The number of carbonyl (C=O) groups is 1. The van der Waals surface area contributed by atoms with Crippen LogP contribution >= 0.6 is 34.2 Å². The smallest absolute Gasteiger partial charge is 0.227 e. The lowest BCUT2D eigenvalue weighted by molar-refractivity contribution is 0.0882. The number of rotatable bonds is 0. The van der Waals surface area contributed by atoms with Gasteiger partial charge >= 0.3 is 0 Å². The van der Waals surface area contributed by atoms with E-state index < -0.39 is 9.46 Å². The molecule has 13 heavy (non-hydrogen) atoms. The molecule has 1 aromatic rings. The highest BCUT2D eigenvalue weighted by Gasteiger charge is 2.43. The van der Waals surface area contributed by atoms with Gasteiger partial charge in [0.15, 0.2) is 0 Å². The Kier molecular flexibility index (Phi) is 2.11. The maximum Gasteiger partial charge on any atom is 0.227 e. The van der Waals surface area contributed by atoms with E-state index >= 15 is 0 Å². The molecule has 0 saturated heterocycles. The van der Waals surface area contributed by atoms with Crippen LogP contribution in [-0.2, 0) is 6.42 Å². The van der Waals surface area contributed by atoms with Gasteiger partial charge in [-0.1, -0.05) is 11.6 Å². The lowest BCUT2D eigenvalue weighted by Crippen LogP contribution is -2.21. The van der Waals surface area contributed by atoms with E-state index in [2.05, 4.69) is 0 Å². The molecule has 0 amide bonds. The lowest BCUT2D eigenvalue weighted by atomic mass is 10.1. The van der Waals surface area contributed by atoms with Crippen molar-refractivity contribution in [2.45, 2.75) is 10.1 Å². The second-order valence-electron chi connectivity index (χ2n) is 3.01. The van der Waals surface area contributed by atoms with Gasteiger partial charge in [0.2, 0.25) is 9.46 Å². The average Bonchev–Trinajstić information content (AvgIpc) is 2.22. The fraction of sp³-hybridized carbons (Fsp3) is 0.222. The molecule has 1 unspecified atom stereocenters. The molecular weight excluding hydrogens is 305 g/mol. The van der Waals surface area contributed by atoms with E-state index in [9.17, 15) is 9.18 Å². The van der Waals surface area contributed by atoms with E-state index in [0.717, 1.165) is 0 Å². The number of fused-ring (bicyclic) bond motifs is 1. The maximum absolute atomic E-state index is 13.5. The van der Waals surface area contributed by atoms with Gasteiger partial charge in [-0.05, 0) is 46.4 Å². The molecule has 0 heterocycles. The van der Waals surface area contributed by atoms with Crippen LogP contribution in [0.2, 0.25) is 5.02 Å². The van der Waals surface area contributed by atoms with Gasteiger partial charge in [-0.3, -0.25) is 4.79 Å². The molecule has 0 fully saturated rings. The first-order chi connectivity index (χ1) is 6.00. The molecule has 0 aromatic heterocycles. The number of ketones is 1. The molecule has 0 saturated carbocycles. The largest absolute Gasteiger partial charge is 0.290 e. The number of Topliss-reactive ketones (excluding diaryl/α,β-unsaturated/α-hetero) is 1. The second-order valence-corrected chi connectivity index (χ2v) is 5.16. The van der Waals surface area contributed by atoms with Crippen molar-refractivity contribution >= 4 is 40.0 Å². The third-order valence-corrected chi connectivity index (χ3v) is 3.16. The molecule has 0 spiro atoms. The Morgan fingerprint density at radius 3 is 2.92 bits per heavy atom. The van der Waals surface area contributed by atoms with Crippen molar-refractivity contribution in [3.05, 3.63) is 34.3 Å². The highest BCUT2D eigenvalue weighted by atomic mass is 127. The minimum absolute atomic E-state index is 0.127. The summed E-state index contributed by atoms with van der Waals surface area (Å²) in [5.74, 6) is -0.445. The van der Waals surface area contributed by atoms with E-state index in [4.69, 9.17) is 11.6 Å². The van der Waals surface area contributed by atoms with Crippen molar-refractivity contribution < 1.29 is 9.18 Å². The number of benzene rings is 1. The SMILES string of the molecule is O=C1c2ccc(Cl)cc2CC1(F)I. The topological polar surface area (TPSA) is 17.1 Å². The van der Waals surface area contributed by atoms with Crippen molar-refractivity contribution in [2.24, 2.45) is 0 Å². The van der Waals surface area contributed by atoms with Gasteiger partial charge in [0, 0.05) is 17.0 Å². The fourth-order valence-electron chi connectivity index (χ4n) is 1.45. The predicted octanol–water partition coefficient (Wildman–Crippen LogP) is 3.18. The summed E-state index contributed by atoms with van der Waals surface area (Å²) in [7, 11) is 0. The van der Waals surface area contributed by atoms with Gasteiger partial charge in [-0.15, -0.1) is 0 Å². The van der Waals surface area contributed by atoms with Gasteiger partial charge in [0.1, 0.15) is 0 Å². The summed E-state index contributed by atoms with van der Waals surface area (Å²) >= 11 is 7.27. The second kappa shape index (κ2) is 2.92. The van der Waals surface area contributed by atoms with Crippen LogP contribution in [0.1, 0.15) is 15.9 Å². The van der Waals surface area contributed by atoms with E-state index in [1.54, 1.807) is 18.2 Å². The van der Waals surface area contributed by atoms with Crippen LogP contribution < -0.4 is 0 Å². The highest BCUT2D eigenvalue weighted by Crippen LogP contribution is 2.38. The van der Waals surface area contributed by atoms with Crippen molar-refractivity contribution in [2.75, 3.05) is 0 Å². The normalized spacial score (nSPS) is 26.2. The Labute approximate surface area is 93.4 Å². The number of hydrogen-bond donors (Lipinski definition) is 0. The summed E-state index contributed by atoms with van der Waals surface area (Å²) in [6, 6.07) is 4.84. The van der Waals surface area contributed by atoms with Crippen molar-refractivity contribution in [1.29, 1.82) is 0 Å². The first kappa shape index (κ1) is 9.40. The zero-order chi connectivity index (χ0) is 9.64. The van der Waals surface area contributed by atoms with Crippen LogP contribution in [0, 0.1) is 0 Å². The molecule has 0 bridgehead atoms. The molecule has 0 N–H and O–H groups in total. The molecule has 0 radical (unpaired) electrons. The Balaban J connectivity index is 2.57. The number of carbonyl (C=O) groups excluding carboxylic acids is 1. The van der Waals surface area contributed by atoms with Crippen LogP contribution in [-0.4, -0.2) is 9.46 Å². The van der Waals surface area contributed by atoms with Gasteiger partial charge in [0.25, 0.3) is 0 Å². The van der Waals surface area contributed by atoms with Crippen LogP contribution in [0.4, 0.5) is 4.39 Å². The Morgan fingerprint density at radius 2 is 2.23 bits per heavy atom. The lowest BCUT2D eigenvalue weighted by Gasteiger charge is -2.05. The van der Waals surface area contributed by atoms with Crippen LogP contribution in [0.5, 0.6) is 0 Å². The zero-order valence-corrected chi connectivity index (χ0v) is 9.39. The molecule has 2 rings (SSSR count). The van der Waals surface area contributed by atoms with Gasteiger partial charge in [-0.2, -0.15) is 0 Å². The van der Waals surface area contributed by atoms with E-state index in [0.29, 0.717) is 16.1 Å². The molecule has 0 aliphatic heterocycles. The van der Waals surface area contributed by atoms with Crippen molar-refractivity contribution in [1.82, 2.24) is 0 Å². The van der Waals surface area contributed by atoms with Crippen molar-refractivity contribution in [3.8, 4) is 0 Å². The maximum atomic E-state index is 13.5. The Bertz CT molecular complexity index is 389. The first-order valence-electron chi connectivity index (χ1n) is 3.72. The molecule has 1 aliphatic carbocycles. The zero-order valence-electron chi connectivity index (χ0n) is 6.48. The summed E-state index contributed by atoms with van der Waals surface area (Å²) in [4.78, 5) is 11.4. The molecule has 1 nitrogen and oxygen atoms in total.